The van der Waals surface area contributed by atoms with Crippen molar-refractivity contribution in [1.82, 2.24) is 5.32 Å². The number of carbonyl (C=O) groups is 1. The van der Waals surface area contributed by atoms with Gasteiger partial charge in [0, 0.05) is 6.54 Å². The van der Waals surface area contributed by atoms with E-state index in [0.29, 0.717) is 18.4 Å². The normalized spacial score (nSPS) is 35.4. The Balaban J connectivity index is 2.00. The molecular formula is C10H17NO2. The van der Waals surface area contributed by atoms with Crippen LogP contribution in [-0.4, -0.2) is 24.2 Å². The molecule has 0 amide bonds. The van der Waals surface area contributed by atoms with Crippen LogP contribution in [0.2, 0.25) is 0 Å². The summed E-state index contributed by atoms with van der Waals surface area (Å²) in [6, 6.07) is 0. The number of rotatable bonds is 2. The lowest BCUT2D eigenvalue weighted by Gasteiger charge is -2.21. The second-order valence-electron chi connectivity index (χ2n) is 4.31. The molecule has 13 heavy (non-hydrogen) atoms. The summed E-state index contributed by atoms with van der Waals surface area (Å²) >= 11 is 0. The van der Waals surface area contributed by atoms with Gasteiger partial charge in [0.15, 0.2) is 0 Å². The SMILES string of the molecule is O=C(O)[C@H]1CNC[C@@H]1C1CCCC1. The summed E-state index contributed by atoms with van der Waals surface area (Å²) in [5, 5.41) is 12.2. The topological polar surface area (TPSA) is 49.3 Å². The molecule has 0 spiro atoms. The molecule has 1 saturated heterocycles. The minimum absolute atomic E-state index is 0.122. The highest BCUT2D eigenvalue weighted by Gasteiger charge is 2.38. The minimum Gasteiger partial charge on any atom is -0.481 e. The molecule has 0 aromatic heterocycles. The molecule has 1 aliphatic carbocycles. The molecular weight excluding hydrogens is 166 g/mol. The van der Waals surface area contributed by atoms with Gasteiger partial charge in [0.05, 0.1) is 5.92 Å². The zero-order chi connectivity index (χ0) is 9.26. The lowest BCUT2D eigenvalue weighted by Crippen LogP contribution is -2.26. The molecule has 1 aliphatic heterocycles. The van der Waals surface area contributed by atoms with E-state index in [1.807, 2.05) is 0 Å². The fourth-order valence-electron chi connectivity index (χ4n) is 2.85. The molecule has 1 heterocycles. The Bertz CT molecular complexity index is 199. The Kier molecular flexibility index (Phi) is 2.54. The molecule has 2 rings (SSSR count). The number of carboxylic acids is 1. The van der Waals surface area contributed by atoms with Crippen molar-refractivity contribution in [2.24, 2.45) is 17.8 Å². The van der Waals surface area contributed by atoms with Gasteiger partial charge in [-0.1, -0.05) is 25.7 Å². The summed E-state index contributed by atoms with van der Waals surface area (Å²) in [4.78, 5) is 10.9. The van der Waals surface area contributed by atoms with Gasteiger partial charge in [-0.05, 0) is 18.4 Å². The second kappa shape index (κ2) is 3.66. The zero-order valence-electron chi connectivity index (χ0n) is 7.83. The third-order valence-electron chi connectivity index (χ3n) is 3.58. The Labute approximate surface area is 78.5 Å². The number of hydrogen-bond donors (Lipinski definition) is 2. The summed E-state index contributed by atoms with van der Waals surface area (Å²) in [6.07, 6.45) is 5.09. The van der Waals surface area contributed by atoms with Crippen LogP contribution in [0.5, 0.6) is 0 Å². The van der Waals surface area contributed by atoms with E-state index in [1.54, 1.807) is 0 Å². The Morgan fingerprint density at radius 3 is 2.54 bits per heavy atom. The van der Waals surface area contributed by atoms with Gasteiger partial charge in [-0.3, -0.25) is 4.79 Å². The van der Waals surface area contributed by atoms with Crippen LogP contribution in [0.3, 0.4) is 0 Å². The number of aliphatic carboxylic acids is 1. The molecule has 0 aromatic carbocycles. The van der Waals surface area contributed by atoms with E-state index in [4.69, 9.17) is 5.11 Å². The molecule has 2 atom stereocenters. The van der Waals surface area contributed by atoms with E-state index in [2.05, 4.69) is 5.32 Å². The van der Waals surface area contributed by atoms with Crippen molar-refractivity contribution in [3.05, 3.63) is 0 Å². The fourth-order valence-corrected chi connectivity index (χ4v) is 2.85. The lowest BCUT2D eigenvalue weighted by atomic mass is 9.83. The smallest absolute Gasteiger partial charge is 0.308 e. The highest BCUT2D eigenvalue weighted by Crippen LogP contribution is 2.36. The quantitative estimate of drug-likeness (QED) is 0.674. The van der Waals surface area contributed by atoms with E-state index in [1.165, 1.54) is 25.7 Å². The number of hydrogen-bond acceptors (Lipinski definition) is 2. The monoisotopic (exact) mass is 183 g/mol. The first-order valence-electron chi connectivity index (χ1n) is 5.22. The van der Waals surface area contributed by atoms with E-state index >= 15 is 0 Å². The molecule has 0 aromatic rings. The van der Waals surface area contributed by atoms with E-state index < -0.39 is 5.97 Å². The highest BCUT2D eigenvalue weighted by molar-refractivity contribution is 5.71. The molecule has 0 bridgehead atoms. The van der Waals surface area contributed by atoms with Gasteiger partial charge in [0.25, 0.3) is 0 Å². The molecule has 0 radical (unpaired) electrons. The third-order valence-corrected chi connectivity index (χ3v) is 3.58. The zero-order valence-corrected chi connectivity index (χ0v) is 7.83. The maximum Gasteiger partial charge on any atom is 0.308 e. The molecule has 2 N–H and O–H groups in total. The number of nitrogens with one attached hydrogen (secondary N) is 1. The van der Waals surface area contributed by atoms with Crippen LogP contribution < -0.4 is 5.32 Å². The van der Waals surface area contributed by atoms with Crippen LogP contribution in [0.25, 0.3) is 0 Å². The molecule has 2 fully saturated rings. The molecule has 0 unspecified atom stereocenters. The minimum atomic E-state index is -0.609. The first kappa shape index (κ1) is 9.00. The van der Waals surface area contributed by atoms with Crippen molar-refractivity contribution in [3.63, 3.8) is 0 Å². The van der Waals surface area contributed by atoms with Crippen molar-refractivity contribution < 1.29 is 9.90 Å². The molecule has 3 nitrogen and oxygen atoms in total. The summed E-state index contributed by atoms with van der Waals surface area (Å²) < 4.78 is 0. The van der Waals surface area contributed by atoms with Crippen LogP contribution in [0.15, 0.2) is 0 Å². The summed E-state index contributed by atoms with van der Waals surface area (Å²) in [5.41, 5.74) is 0. The first-order valence-corrected chi connectivity index (χ1v) is 5.22. The van der Waals surface area contributed by atoms with Crippen LogP contribution in [0.1, 0.15) is 25.7 Å². The van der Waals surface area contributed by atoms with E-state index in [0.717, 1.165) is 6.54 Å². The Hall–Kier alpha value is -0.570. The third kappa shape index (κ3) is 1.70. The molecule has 74 valence electrons. The van der Waals surface area contributed by atoms with Crippen molar-refractivity contribution in [1.29, 1.82) is 0 Å². The summed E-state index contributed by atoms with van der Waals surface area (Å²) in [5.74, 6) is 0.348. The second-order valence-corrected chi connectivity index (χ2v) is 4.31. The summed E-state index contributed by atoms with van der Waals surface area (Å²) in [6.45, 7) is 1.60. The van der Waals surface area contributed by atoms with Crippen LogP contribution >= 0.6 is 0 Å². The maximum absolute atomic E-state index is 10.9. The van der Waals surface area contributed by atoms with E-state index in [9.17, 15) is 4.79 Å². The molecule has 1 saturated carbocycles. The predicted molar refractivity (Wildman–Crippen MR) is 49.4 cm³/mol. The van der Waals surface area contributed by atoms with Crippen molar-refractivity contribution >= 4 is 5.97 Å². The van der Waals surface area contributed by atoms with Gasteiger partial charge in [0.1, 0.15) is 0 Å². The van der Waals surface area contributed by atoms with Crippen molar-refractivity contribution in [3.8, 4) is 0 Å². The maximum atomic E-state index is 10.9. The van der Waals surface area contributed by atoms with Gasteiger partial charge < -0.3 is 10.4 Å². The predicted octanol–water partition coefficient (Wildman–Crippen LogP) is 1.10. The van der Waals surface area contributed by atoms with E-state index in [-0.39, 0.29) is 5.92 Å². The van der Waals surface area contributed by atoms with Gasteiger partial charge in [-0.25, -0.2) is 0 Å². The standard InChI is InChI=1S/C10H17NO2/c12-10(13)9-6-11-5-8(9)7-3-1-2-4-7/h7-9,11H,1-6H2,(H,12,13)/t8-,9+/m1/s1. The van der Waals surface area contributed by atoms with Crippen molar-refractivity contribution in [2.45, 2.75) is 25.7 Å². The van der Waals surface area contributed by atoms with Crippen LogP contribution in [0.4, 0.5) is 0 Å². The average molecular weight is 183 g/mol. The first-order chi connectivity index (χ1) is 6.29. The van der Waals surface area contributed by atoms with Crippen LogP contribution in [-0.2, 0) is 4.79 Å². The number of carboxylic acid groups (broad SMARTS) is 1. The summed E-state index contributed by atoms with van der Waals surface area (Å²) in [7, 11) is 0. The van der Waals surface area contributed by atoms with Crippen molar-refractivity contribution in [2.75, 3.05) is 13.1 Å². The van der Waals surface area contributed by atoms with Crippen LogP contribution in [0, 0.1) is 17.8 Å². The Morgan fingerprint density at radius 2 is 1.92 bits per heavy atom. The van der Waals surface area contributed by atoms with Gasteiger partial charge in [0.2, 0.25) is 0 Å². The fraction of sp³-hybridized carbons (Fsp3) is 0.900. The average Bonchev–Trinajstić information content (AvgIpc) is 2.74. The molecule has 2 aliphatic rings. The highest BCUT2D eigenvalue weighted by atomic mass is 16.4. The van der Waals surface area contributed by atoms with Gasteiger partial charge in [-0.2, -0.15) is 0 Å². The Morgan fingerprint density at radius 1 is 1.23 bits per heavy atom. The van der Waals surface area contributed by atoms with Gasteiger partial charge >= 0.3 is 5.97 Å². The van der Waals surface area contributed by atoms with Gasteiger partial charge in [-0.15, -0.1) is 0 Å². The largest absolute Gasteiger partial charge is 0.481 e. The lowest BCUT2D eigenvalue weighted by molar-refractivity contribution is -0.142. The molecule has 3 heteroatoms.